The van der Waals surface area contributed by atoms with E-state index in [4.69, 9.17) is 15.5 Å². The lowest BCUT2D eigenvalue weighted by Crippen LogP contribution is -2.73. The molecule has 1 aliphatic heterocycles. The van der Waals surface area contributed by atoms with Gasteiger partial charge in [-0.15, -0.1) is 4.91 Å². The van der Waals surface area contributed by atoms with Gasteiger partial charge in [-0.3, -0.25) is 0 Å². The molecular formula is C17H18N2O3. The maximum absolute atomic E-state index is 11.2. The molecule has 4 atom stereocenters. The fraction of sp³-hybridized carbons (Fsp3) is 0.529. The number of hydrogen-bond acceptors (Lipinski definition) is 5. The molecule has 5 nitrogen and oxygen atoms in total. The molecule has 3 aliphatic carbocycles. The van der Waals surface area contributed by atoms with Crippen LogP contribution in [0, 0.1) is 10.8 Å². The van der Waals surface area contributed by atoms with Gasteiger partial charge in [0.1, 0.15) is 6.10 Å². The Morgan fingerprint density at radius 3 is 3.14 bits per heavy atom. The minimum absolute atomic E-state index is 0.0845. The van der Waals surface area contributed by atoms with Gasteiger partial charge in [-0.1, -0.05) is 24.6 Å². The molecule has 4 aliphatic rings. The van der Waals surface area contributed by atoms with Crippen LogP contribution in [0.2, 0.25) is 0 Å². The van der Waals surface area contributed by atoms with Crippen LogP contribution in [0.5, 0.6) is 5.75 Å². The number of nitrogens with zero attached hydrogens (tertiary/aromatic N) is 1. The van der Waals surface area contributed by atoms with Crippen LogP contribution in [-0.2, 0) is 16.7 Å². The van der Waals surface area contributed by atoms with E-state index in [2.05, 4.69) is 17.3 Å². The molecule has 1 aromatic carbocycles. The lowest BCUT2D eigenvalue weighted by molar-refractivity contribution is -0.289. The molecule has 22 heavy (non-hydrogen) atoms. The van der Waals surface area contributed by atoms with E-state index in [1.807, 2.05) is 6.07 Å². The van der Waals surface area contributed by atoms with Crippen molar-refractivity contribution < 1.29 is 9.78 Å². The highest BCUT2D eigenvalue weighted by molar-refractivity contribution is 5.65. The minimum Gasteiger partial charge on any atom is -0.334 e. The summed E-state index contributed by atoms with van der Waals surface area (Å²) in [5.74, 6) is 0.909. The second kappa shape index (κ2) is 3.97. The largest absolute Gasteiger partial charge is 0.334 e. The van der Waals surface area contributed by atoms with Gasteiger partial charge < -0.3 is 10.6 Å². The Bertz CT molecular complexity index is 716. The monoisotopic (exact) mass is 298 g/mol. The van der Waals surface area contributed by atoms with Crippen LogP contribution in [0.15, 0.2) is 29.5 Å². The predicted molar refractivity (Wildman–Crippen MR) is 80.8 cm³/mol. The molecule has 0 radical (unpaired) electrons. The van der Waals surface area contributed by atoms with E-state index in [1.165, 1.54) is 5.56 Å². The van der Waals surface area contributed by atoms with Crippen molar-refractivity contribution in [2.24, 2.45) is 16.8 Å². The quantitative estimate of drug-likeness (QED) is 0.491. The Kier molecular flexibility index (Phi) is 2.31. The third-order valence-corrected chi connectivity index (χ3v) is 6.35. The zero-order chi connectivity index (χ0) is 14.9. The fourth-order valence-corrected chi connectivity index (χ4v) is 5.45. The van der Waals surface area contributed by atoms with Crippen LogP contribution < -0.4 is 10.6 Å². The van der Waals surface area contributed by atoms with Crippen molar-refractivity contribution >= 4 is 5.69 Å². The topological polar surface area (TPSA) is 73.9 Å². The Morgan fingerprint density at radius 2 is 2.27 bits per heavy atom. The molecule has 2 bridgehead atoms. The third-order valence-electron chi connectivity index (χ3n) is 6.35. The smallest absolute Gasteiger partial charge is 0.198 e. The number of hydrogen-bond donors (Lipinski definition) is 1. The summed E-state index contributed by atoms with van der Waals surface area (Å²) >= 11 is 0. The predicted octanol–water partition coefficient (Wildman–Crippen LogP) is 3.03. The molecule has 0 unspecified atom stereocenters. The van der Waals surface area contributed by atoms with E-state index in [9.17, 15) is 4.91 Å². The van der Waals surface area contributed by atoms with Crippen LogP contribution in [0.1, 0.15) is 36.8 Å². The fourth-order valence-electron chi connectivity index (χ4n) is 5.45. The summed E-state index contributed by atoms with van der Waals surface area (Å²) in [5, 5.41) is 3.12. The highest BCUT2D eigenvalue weighted by Gasteiger charge is 2.66. The minimum atomic E-state index is -0.415. The molecule has 0 amide bonds. The second-order valence-electron chi connectivity index (χ2n) is 7.04. The van der Waals surface area contributed by atoms with Gasteiger partial charge >= 0.3 is 0 Å². The Balaban J connectivity index is 1.89. The van der Waals surface area contributed by atoms with Crippen molar-refractivity contribution in [1.82, 2.24) is 0 Å². The summed E-state index contributed by atoms with van der Waals surface area (Å²) in [6.45, 7) is 0. The molecule has 5 rings (SSSR count). The SMILES string of the molecule is N[C@@]12C=CC[C@@H]3OOc4c(N=O)ccc5c4[C@@]31CCC[C@@H]2C5. The molecule has 1 spiro atoms. The van der Waals surface area contributed by atoms with Crippen molar-refractivity contribution in [2.45, 2.75) is 49.2 Å². The number of nitroso groups, excluding NO2 is 1. The summed E-state index contributed by atoms with van der Waals surface area (Å²) in [6, 6.07) is 3.76. The third kappa shape index (κ3) is 1.21. The number of benzene rings is 1. The molecule has 114 valence electrons. The van der Waals surface area contributed by atoms with Gasteiger partial charge in [0.05, 0.1) is 5.41 Å². The van der Waals surface area contributed by atoms with Crippen LogP contribution in [0.4, 0.5) is 5.69 Å². The van der Waals surface area contributed by atoms with E-state index >= 15 is 0 Å². The number of rotatable bonds is 1. The highest BCUT2D eigenvalue weighted by Crippen LogP contribution is 2.63. The van der Waals surface area contributed by atoms with Crippen molar-refractivity contribution in [3.8, 4) is 5.75 Å². The van der Waals surface area contributed by atoms with Crippen LogP contribution in [0.25, 0.3) is 0 Å². The van der Waals surface area contributed by atoms with E-state index < -0.39 is 5.54 Å². The average Bonchev–Trinajstić information content (AvgIpc) is 2.52. The van der Waals surface area contributed by atoms with Gasteiger partial charge in [-0.25, -0.2) is 0 Å². The second-order valence-corrected chi connectivity index (χ2v) is 7.04. The van der Waals surface area contributed by atoms with Gasteiger partial charge in [0.25, 0.3) is 0 Å². The summed E-state index contributed by atoms with van der Waals surface area (Å²) in [6.07, 6.45) is 9.20. The Morgan fingerprint density at radius 1 is 1.36 bits per heavy atom. The molecule has 5 heteroatoms. The van der Waals surface area contributed by atoms with Crippen LogP contribution in [0.3, 0.4) is 0 Å². The summed E-state index contributed by atoms with van der Waals surface area (Å²) < 4.78 is 0. The summed E-state index contributed by atoms with van der Waals surface area (Å²) in [5.41, 5.74) is 8.92. The van der Waals surface area contributed by atoms with Gasteiger partial charge in [0.15, 0.2) is 11.4 Å². The Labute approximate surface area is 128 Å². The highest BCUT2D eigenvalue weighted by atomic mass is 17.2. The molecule has 1 fully saturated rings. The molecule has 0 saturated heterocycles. The summed E-state index contributed by atoms with van der Waals surface area (Å²) in [7, 11) is 0. The van der Waals surface area contributed by atoms with Gasteiger partial charge in [0, 0.05) is 11.1 Å². The first kappa shape index (κ1) is 12.8. The summed E-state index contributed by atoms with van der Waals surface area (Å²) in [4.78, 5) is 22.4. The first-order valence-corrected chi connectivity index (χ1v) is 8.00. The molecule has 0 aromatic heterocycles. The first-order valence-electron chi connectivity index (χ1n) is 8.00. The standard InChI is InChI=1S/C17H18N2O3/c18-17-8-2-4-13-16(17)7-1-3-11(17)9-10-5-6-12(19-20)15(14(10)16)22-21-13/h2,5-6,8,11,13H,1,3-4,7,9,18H2/t11-,13+,16-,17-/m1/s1. The lowest BCUT2D eigenvalue weighted by atomic mass is 9.45. The van der Waals surface area contributed by atoms with Crippen LogP contribution in [-0.4, -0.2) is 11.6 Å². The molecule has 2 N–H and O–H groups in total. The maximum Gasteiger partial charge on any atom is 0.198 e. The number of nitrogens with two attached hydrogens (primary N) is 1. The van der Waals surface area contributed by atoms with Crippen molar-refractivity contribution in [2.75, 3.05) is 0 Å². The van der Waals surface area contributed by atoms with E-state index in [0.717, 1.165) is 37.7 Å². The van der Waals surface area contributed by atoms with Crippen LogP contribution >= 0.6 is 0 Å². The van der Waals surface area contributed by atoms with E-state index in [1.54, 1.807) is 6.07 Å². The van der Waals surface area contributed by atoms with Gasteiger partial charge in [-0.2, -0.15) is 4.89 Å². The normalized spacial score (nSPS) is 40.6. The molecule has 1 saturated carbocycles. The molecule has 1 aromatic rings. The zero-order valence-electron chi connectivity index (χ0n) is 12.2. The lowest BCUT2D eigenvalue weighted by Gasteiger charge is -2.63. The van der Waals surface area contributed by atoms with Gasteiger partial charge in [0.2, 0.25) is 0 Å². The Hall–Kier alpha value is -1.72. The van der Waals surface area contributed by atoms with Crippen molar-refractivity contribution in [1.29, 1.82) is 0 Å². The first-order chi connectivity index (χ1) is 10.7. The molecule has 1 heterocycles. The molecular weight excluding hydrogens is 280 g/mol. The van der Waals surface area contributed by atoms with Crippen molar-refractivity contribution in [3.05, 3.63) is 40.3 Å². The van der Waals surface area contributed by atoms with Gasteiger partial charge in [-0.05, 0) is 48.4 Å². The average molecular weight is 298 g/mol. The zero-order valence-corrected chi connectivity index (χ0v) is 12.2. The maximum atomic E-state index is 11.2. The van der Waals surface area contributed by atoms with Crippen molar-refractivity contribution in [3.63, 3.8) is 0 Å². The van der Waals surface area contributed by atoms with E-state index in [0.29, 0.717) is 17.4 Å². The van der Waals surface area contributed by atoms with E-state index in [-0.39, 0.29) is 11.5 Å².